The summed E-state index contributed by atoms with van der Waals surface area (Å²) in [6.07, 6.45) is 3.68. The van der Waals surface area contributed by atoms with Crippen LogP contribution in [0, 0.1) is 11.8 Å². The average molecular weight is 458 g/mol. The molecule has 1 aromatic heterocycles. The molecular formula is C19H28BrN3O5. The molecule has 3 atom stereocenters. The summed E-state index contributed by atoms with van der Waals surface area (Å²) < 4.78 is 14.0. The van der Waals surface area contributed by atoms with E-state index in [2.05, 4.69) is 20.9 Å². The predicted octanol–water partition coefficient (Wildman–Crippen LogP) is 3.15. The van der Waals surface area contributed by atoms with Gasteiger partial charge in [0.05, 0.1) is 0 Å². The van der Waals surface area contributed by atoms with Crippen molar-refractivity contribution in [1.82, 2.24) is 14.5 Å². The molecule has 3 rings (SSSR count). The molecule has 2 heterocycles. The maximum Gasteiger partial charge on any atom is 0.410 e. The third kappa shape index (κ3) is 4.51. The van der Waals surface area contributed by atoms with Gasteiger partial charge in [0.25, 0.3) is 0 Å². The molecule has 3 unspecified atom stereocenters. The number of carbonyl (C=O) groups excluding carboxylic acids is 1. The van der Waals surface area contributed by atoms with Gasteiger partial charge in [-0.25, -0.2) is 14.6 Å². The number of hydrogen-bond acceptors (Lipinski definition) is 5. The van der Waals surface area contributed by atoms with Gasteiger partial charge >= 0.3 is 12.1 Å². The molecule has 28 heavy (non-hydrogen) atoms. The van der Waals surface area contributed by atoms with Gasteiger partial charge in [-0.15, -0.1) is 0 Å². The van der Waals surface area contributed by atoms with E-state index >= 15 is 0 Å². The molecule has 0 radical (unpaired) electrons. The minimum absolute atomic E-state index is 0.213. The Balaban J connectivity index is 1.79. The van der Waals surface area contributed by atoms with Crippen molar-refractivity contribution in [3.63, 3.8) is 0 Å². The van der Waals surface area contributed by atoms with Gasteiger partial charge < -0.3 is 24.0 Å². The zero-order valence-electron chi connectivity index (χ0n) is 16.8. The first-order chi connectivity index (χ1) is 13.0. The van der Waals surface area contributed by atoms with Crippen LogP contribution in [0.5, 0.6) is 0 Å². The fourth-order valence-electron chi connectivity index (χ4n) is 4.37. The predicted molar refractivity (Wildman–Crippen MR) is 105 cm³/mol. The van der Waals surface area contributed by atoms with Gasteiger partial charge in [-0.1, -0.05) is 0 Å². The summed E-state index contributed by atoms with van der Waals surface area (Å²) >= 11 is 3.39. The summed E-state index contributed by atoms with van der Waals surface area (Å²) in [5, 5.41) is 9.16. The molecule has 1 aromatic rings. The molecule has 2 fully saturated rings. The Hall–Kier alpha value is -1.61. The van der Waals surface area contributed by atoms with Crippen molar-refractivity contribution in [2.24, 2.45) is 18.9 Å². The highest BCUT2D eigenvalue weighted by molar-refractivity contribution is 9.10. The lowest BCUT2D eigenvalue weighted by Gasteiger charge is -2.41. The Morgan fingerprint density at radius 3 is 2.61 bits per heavy atom. The first kappa shape index (κ1) is 21.1. The van der Waals surface area contributed by atoms with Crippen LogP contribution in [0.4, 0.5) is 4.79 Å². The van der Waals surface area contributed by atoms with Crippen LogP contribution in [0.1, 0.15) is 45.9 Å². The van der Waals surface area contributed by atoms with Crippen LogP contribution >= 0.6 is 15.9 Å². The molecule has 0 aromatic carbocycles. The van der Waals surface area contributed by atoms with Crippen LogP contribution < -0.4 is 0 Å². The fraction of sp³-hybridized carbons (Fsp3) is 0.737. The molecule has 0 spiro atoms. The number of aromatic nitrogens is 2. The van der Waals surface area contributed by atoms with Crippen molar-refractivity contribution in [2.45, 2.75) is 51.2 Å². The van der Waals surface area contributed by atoms with Crippen LogP contribution in [0.2, 0.25) is 0 Å². The van der Waals surface area contributed by atoms with E-state index in [9.17, 15) is 9.59 Å². The Labute approximate surface area is 173 Å². The smallest absolute Gasteiger partial charge is 0.410 e. The lowest BCUT2D eigenvalue weighted by Crippen LogP contribution is -2.42. The van der Waals surface area contributed by atoms with Crippen molar-refractivity contribution in [3.8, 4) is 0 Å². The molecule has 1 aliphatic heterocycles. The van der Waals surface area contributed by atoms with Gasteiger partial charge in [0.2, 0.25) is 0 Å². The van der Waals surface area contributed by atoms with Crippen molar-refractivity contribution >= 4 is 28.0 Å². The number of aryl methyl sites for hydroxylation is 1. The van der Waals surface area contributed by atoms with Crippen LogP contribution in [0.3, 0.4) is 0 Å². The van der Waals surface area contributed by atoms with E-state index < -0.39 is 17.2 Å². The molecule has 1 amide bonds. The number of amides is 1. The Morgan fingerprint density at radius 2 is 2.04 bits per heavy atom. The maximum atomic E-state index is 12.5. The van der Waals surface area contributed by atoms with E-state index in [-0.39, 0.29) is 18.6 Å². The van der Waals surface area contributed by atoms with E-state index in [0.29, 0.717) is 36.5 Å². The highest BCUT2D eigenvalue weighted by atomic mass is 79.9. The van der Waals surface area contributed by atoms with Gasteiger partial charge in [-0.3, -0.25) is 0 Å². The summed E-state index contributed by atoms with van der Waals surface area (Å²) in [5.41, 5.74) is -1.30. The lowest BCUT2D eigenvalue weighted by atomic mass is 9.72. The number of hydrogen-bond donors (Lipinski definition) is 1. The maximum absolute atomic E-state index is 12.5. The number of likely N-dealkylation sites (tertiary alicyclic amines) is 1. The third-order valence-electron chi connectivity index (χ3n) is 5.47. The van der Waals surface area contributed by atoms with Crippen LogP contribution in [0.25, 0.3) is 0 Å². The Kier molecular flexibility index (Phi) is 5.78. The van der Waals surface area contributed by atoms with Crippen molar-refractivity contribution in [3.05, 3.63) is 16.6 Å². The van der Waals surface area contributed by atoms with Gasteiger partial charge in [-0.2, -0.15) is 0 Å². The molecule has 0 bridgehead atoms. The van der Waals surface area contributed by atoms with Gasteiger partial charge in [0.1, 0.15) is 28.2 Å². The first-order valence-electron chi connectivity index (χ1n) is 9.52. The van der Waals surface area contributed by atoms with E-state index in [1.54, 1.807) is 4.90 Å². The minimum Gasteiger partial charge on any atom is -0.480 e. The number of nitrogens with zero attached hydrogens (tertiary/aromatic N) is 3. The zero-order valence-corrected chi connectivity index (χ0v) is 18.4. The number of carboxylic acids is 1. The molecule has 8 nitrogen and oxygen atoms in total. The molecule has 1 saturated heterocycles. The molecule has 2 aliphatic rings. The molecule has 156 valence electrons. The van der Waals surface area contributed by atoms with E-state index in [1.807, 2.05) is 38.6 Å². The summed E-state index contributed by atoms with van der Waals surface area (Å²) in [6, 6.07) is 0. The molecule has 1 N–H and O–H groups in total. The van der Waals surface area contributed by atoms with Gasteiger partial charge in [0.15, 0.2) is 0 Å². The zero-order chi connectivity index (χ0) is 20.7. The number of carbonyl (C=O) groups is 2. The number of imidazole rings is 1. The number of ether oxygens (including phenoxy) is 2. The molecular weight excluding hydrogens is 430 g/mol. The molecule has 1 aliphatic carbocycles. The SMILES string of the molecule is Cn1cc(Br)nc1C1(OCC(=O)O)CCC2CN(C(=O)OC(C)(C)C)CC2C1. The van der Waals surface area contributed by atoms with Gasteiger partial charge in [0, 0.05) is 26.3 Å². The standard InChI is InChI=1S/C19H28BrN3O5/c1-18(2,3)28-17(26)23-8-12-5-6-19(7-13(12)9-23,27-11-15(24)25)16-21-14(20)10-22(16)4/h10,12-13H,5-9,11H2,1-4H3,(H,24,25). The largest absolute Gasteiger partial charge is 0.480 e. The van der Waals surface area contributed by atoms with Crippen molar-refractivity contribution in [1.29, 1.82) is 0 Å². The van der Waals surface area contributed by atoms with Crippen molar-refractivity contribution in [2.75, 3.05) is 19.7 Å². The second kappa shape index (κ2) is 7.67. The topological polar surface area (TPSA) is 93.9 Å². The van der Waals surface area contributed by atoms with E-state index in [4.69, 9.17) is 14.6 Å². The van der Waals surface area contributed by atoms with E-state index in [1.165, 1.54) is 0 Å². The normalized spacial score (nSPS) is 27.5. The number of fused-ring (bicyclic) bond motifs is 1. The fourth-order valence-corrected chi connectivity index (χ4v) is 4.84. The van der Waals surface area contributed by atoms with Crippen LogP contribution in [-0.2, 0) is 26.9 Å². The molecule has 9 heteroatoms. The summed E-state index contributed by atoms with van der Waals surface area (Å²) in [7, 11) is 1.88. The molecule has 1 saturated carbocycles. The number of aliphatic carboxylic acids is 1. The number of carboxylic acid groups (broad SMARTS) is 1. The second-order valence-corrected chi connectivity index (χ2v) is 9.64. The second-order valence-electron chi connectivity index (χ2n) is 8.82. The average Bonchev–Trinajstić information content (AvgIpc) is 3.13. The first-order valence-corrected chi connectivity index (χ1v) is 10.3. The summed E-state index contributed by atoms with van der Waals surface area (Å²) in [4.78, 5) is 30.0. The highest BCUT2D eigenvalue weighted by Gasteiger charge is 2.50. The van der Waals surface area contributed by atoms with E-state index in [0.717, 1.165) is 12.2 Å². The van der Waals surface area contributed by atoms with Crippen molar-refractivity contribution < 1.29 is 24.2 Å². The minimum atomic E-state index is -1.00. The van der Waals surface area contributed by atoms with Crippen LogP contribution in [0.15, 0.2) is 10.8 Å². The van der Waals surface area contributed by atoms with Gasteiger partial charge in [-0.05, 0) is 67.8 Å². The Bertz CT molecular complexity index is 759. The third-order valence-corrected chi connectivity index (χ3v) is 5.85. The Morgan fingerprint density at radius 1 is 1.36 bits per heavy atom. The summed E-state index contributed by atoms with van der Waals surface area (Å²) in [6.45, 7) is 6.45. The monoisotopic (exact) mass is 457 g/mol. The highest BCUT2D eigenvalue weighted by Crippen LogP contribution is 2.48. The number of halogens is 1. The lowest BCUT2D eigenvalue weighted by molar-refractivity contribution is -0.157. The van der Waals surface area contributed by atoms with Crippen LogP contribution in [-0.4, -0.2) is 56.9 Å². The number of rotatable bonds is 4. The summed E-state index contributed by atoms with van der Waals surface area (Å²) in [5.74, 6) is 0.287. The quantitative estimate of drug-likeness (QED) is 0.745.